The van der Waals surface area contributed by atoms with Crippen LogP contribution in [0.4, 0.5) is 0 Å². The van der Waals surface area contributed by atoms with Gasteiger partial charge in [-0.2, -0.15) is 0 Å². The summed E-state index contributed by atoms with van der Waals surface area (Å²) in [6.07, 6.45) is 6.88. The molecule has 2 heteroatoms. The number of carbonyl (C=O) groups excluding carboxylic acids is 1. The zero-order chi connectivity index (χ0) is 12.4. The molecular weight excluding hydrogens is 198 g/mol. The predicted octanol–water partition coefficient (Wildman–Crippen LogP) is 3.55. The van der Waals surface area contributed by atoms with E-state index in [1.165, 1.54) is 25.7 Å². The Bertz CT molecular complexity index is 176. The Morgan fingerprint density at radius 3 is 2.06 bits per heavy atom. The molecule has 0 unspecified atom stereocenters. The summed E-state index contributed by atoms with van der Waals surface area (Å²) in [5.74, 6) is 0.636. The van der Waals surface area contributed by atoms with E-state index in [0.717, 1.165) is 19.4 Å². The Hall–Kier alpha value is -0.370. The maximum Gasteiger partial charge on any atom is 0.135 e. The van der Waals surface area contributed by atoms with Crippen LogP contribution in [-0.4, -0.2) is 18.4 Å². The summed E-state index contributed by atoms with van der Waals surface area (Å²) >= 11 is 0. The second-order valence-corrected chi connectivity index (χ2v) is 5.25. The van der Waals surface area contributed by atoms with Crippen LogP contribution in [0.25, 0.3) is 0 Å². The minimum Gasteiger partial charge on any atom is -0.315 e. The second kappa shape index (κ2) is 9.83. The first-order valence-corrected chi connectivity index (χ1v) is 6.80. The van der Waals surface area contributed by atoms with Gasteiger partial charge in [0.05, 0.1) is 0 Å². The summed E-state index contributed by atoms with van der Waals surface area (Å²) in [5.41, 5.74) is 0. The lowest BCUT2D eigenvalue weighted by molar-refractivity contribution is -0.122. The van der Waals surface area contributed by atoms with Crippen molar-refractivity contribution in [2.75, 3.05) is 6.54 Å². The highest BCUT2D eigenvalue weighted by Gasteiger charge is 2.05. The fourth-order valence-electron chi connectivity index (χ4n) is 1.63. The molecule has 0 aromatic heterocycles. The van der Waals surface area contributed by atoms with Gasteiger partial charge in [0.2, 0.25) is 0 Å². The van der Waals surface area contributed by atoms with E-state index in [1.807, 2.05) is 13.8 Å². The third-order valence-electron chi connectivity index (χ3n) is 2.80. The standard InChI is InChI=1S/C14H29NO/c1-12(2)14(16)10-8-6-5-7-9-11-15-13(3)4/h12-13,15H,5-11H2,1-4H3. The smallest absolute Gasteiger partial charge is 0.135 e. The normalized spacial score (nSPS) is 11.4. The van der Waals surface area contributed by atoms with Gasteiger partial charge in [-0.05, 0) is 19.4 Å². The summed E-state index contributed by atoms with van der Waals surface area (Å²) in [4.78, 5) is 11.3. The van der Waals surface area contributed by atoms with Crippen LogP contribution < -0.4 is 5.32 Å². The molecule has 2 nitrogen and oxygen atoms in total. The lowest BCUT2D eigenvalue weighted by Gasteiger charge is -2.07. The van der Waals surface area contributed by atoms with Gasteiger partial charge in [0.15, 0.2) is 0 Å². The van der Waals surface area contributed by atoms with Gasteiger partial charge in [-0.25, -0.2) is 0 Å². The molecule has 0 heterocycles. The third kappa shape index (κ3) is 10.2. The van der Waals surface area contributed by atoms with Crippen molar-refractivity contribution in [1.29, 1.82) is 0 Å². The van der Waals surface area contributed by atoms with Gasteiger partial charge >= 0.3 is 0 Å². The number of ketones is 1. The zero-order valence-electron chi connectivity index (χ0n) is 11.5. The van der Waals surface area contributed by atoms with Gasteiger partial charge < -0.3 is 5.32 Å². The van der Waals surface area contributed by atoms with Gasteiger partial charge in [-0.3, -0.25) is 4.79 Å². The fourth-order valence-corrected chi connectivity index (χ4v) is 1.63. The van der Waals surface area contributed by atoms with Crippen molar-refractivity contribution in [2.24, 2.45) is 5.92 Å². The van der Waals surface area contributed by atoms with Crippen molar-refractivity contribution in [3.63, 3.8) is 0 Å². The molecule has 0 aliphatic heterocycles. The highest BCUT2D eigenvalue weighted by atomic mass is 16.1. The van der Waals surface area contributed by atoms with E-state index in [1.54, 1.807) is 0 Å². The van der Waals surface area contributed by atoms with Crippen molar-refractivity contribution in [1.82, 2.24) is 5.32 Å². The molecule has 0 atom stereocenters. The monoisotopic (exact) mass is 227 g/mol. The van der Waals surface area contributed by atoms with Crippen LogP contribution in [0.2, 0.25) is 0 Å². The molecule has 0 saturated heterocycles. The molecular formula is C14H29NO. The quantitative estimate of drug-likeness (QED) is 0.578. The lowest BCUT2D eigenvalue weighted by atomic mass is 10.0. The van der Waals surface area contributed by atoms with Gasteiger partial charge in [0, 0.05) is 18.4 Å². The van der Waals surface area contributed by atoms with Crippen LogP contribution in [0.1, 0.15) is 66.2 Å². The van der Waals surface area contributed by atoms with Crippen molar-refractivity contribution in [3.05, 3.63) is 0 Å². The van der Waals surface area contributed by atoms with Gasteiger partial charge in [-0.1, -0.05) is 47.0 Å². The number of carbonyl (C=O) groups is 1. The van der Waals surface area contributed by atoms with Crippen molar-refractivity contribution < 1.29 is 4.79 Å². The van der Waals surface area contributed by atoms with Crippen molar-refractivity contribution >= 4 is 5.78 Å². The average Bonchev–Trinajstić information content (AvgIpc) is 2.21. The van der Waals surface area contributed by atoms with E-state index in [9.17, 15) is 4.79 Å². The molecule has 0 aromatic rings. The van der Waals surface area contributed by atoms with E-state index < -0.39 is 0 Å². The number of rotatable bonds is 10. The summed E-state index contributed by atoms with van der Waals surface area (Å²) in [6.45, 7) is 9.46. The molecule has 0 aliphatic carbocycles. The van der Waals surface area contributed by atoms with Gasteiger partial charge in [0.25, 0.3) is 0 Å². The molecule has 1 N–H and O–H groups in total. The van der Waals surface area contributed by atoms with E-state index >= 15 is 0 Å². The summed E-state index contributed by atoms with van der Waals surface area (Å²) in [6, 6.07) is 0.601. The lowest BCUT2D eigenvalue weighted by Crippen LogP contribution is -2.23. The second-order valence-electron chi connectivity index (χ2n) is 5.25. The van der Waals surface area contributed by atoms with Gasteiger partial charge in [0.1, 0.15) is 5.78 Å². The molecule has 96 valence electrons. The SMILES string of the molecule is CC(C)NCCCCCCCC(=O)C(C)C. The van der Waals surface area contributed by atoms with Crippen LogP contribution >= 0.6 is 0 Å². The van der Waals surface area contributed by atoms with E-state index in [4.69, 9.17) is 0 Å². The Balaban J connectivity index is 3.13. The number of hydrogen-bond donors (Lipinski definition) is 1. The Labute approximate surface area is 101 Å². The molecule has 0 amide bonds. The molecule has 0 aliphatic rings. The largest absolute Gasteiger partial charge is 0.315 e. The molecule has 0 aromatic carbocycles. The highest BCUT2D eigenvalue weighted by Crippen LogP contribution is 2.08. The summed E-state index contributed by atoms with van der Waals surface area (Å²) in [7, 11) is 0. The Kier molecular flexibility index (Phi) is 9.60. The molecule has 0 spiro atoms. The van der Waals surface area contributed by atoms with Gasteiger partial charge in [-0.15, -0.1) is 0 Å². The van der Waals surface area contributed by atoms with Crippen molar-refractivity contribution in [2.45, 2.75) is 72.3 Å². The molecule has 0 bridgehead atoms. The minimum atomic E-state index is 0.218. The summed E-state index contributed by atoms with van der Waals surface area (Å²) in [5, 5.41) is 3.42. The van der Waals surface area contributed by atoms with Crippen molar-refractivity contribution in [3.8, 4) is 0 Å². The van der Waals surface area contributed by atoms with Crippen LogP contribution in [0.3, 0.4) is 0 Å². The van der Waals surface area contributed by atoms with Crippen LogP contribution in [0, 0.1) is 5.92 Å². The Morgan fingerprint density at radius 1 is 0.938 bits per heavy atom. The topological polar surface area (TPSA) is 29.1 Å². The van der Waals surface area contributed by atoms with E-state index in [-0.39, 0.29) is 5.92 Å². The number of hydrogen-bond acceptors (Lipinski definition) is 2. The van der Waals surface area contributed by atoms with Crippen LogP contribution in [-0.2, 0) is 4.79 Å². The van der Waals surface area contributed by atoms with E-state index in [0.29, 0.717) is 11.8 Å². The van der Waals surface area contributed by atoms with Crippen LogP contribution in [0.15, 0.2) is 0 Å². The number of Topliss-reactive ketones (excluding diaryl/α,β-unsaturated/α-hetero) is 1. The first kappa shape index (κ1) is 15.6. The van der Waals surface area contributed by atoms with Crippen LogP contribution in [0.5, 0.6) is 0 Å². The molecule has 0 fully saturated rings. The first-order chi connectivity index (χ1) is 7.54. The molecule has 0 radical (unpaired) electrons. The average molecular weight is 227 g/mol. The number of unbranched alkanes of at least 4 members (excludes halogenated alkanes) is 4. The maximum atomic E-state index is 11.3. The predicted molar refractivity (Wildman–Crippen MR) is 70.7 cm³/mol. The van der Waals surface area contributed by atoms with E-state index in [2.05, 4.69) is 19.2 Å². The zero-order valence-corrected chi connectivity index (χ0v) is 11.5. The molecule has 16 heavy (non-hydrogen) atoms. The molecule has 0 rings (SSSR count). The summed E-state index contributed by atoms with van der Waals surface area (Å²) < 4.78 is 0. The maximum absolute atomic E-state index is 11.3. The highest BCUT2D eigenvalue weighted by molar-refractivity contribution is 5.80. The third-order valence-corrected chi connectivity index (χ3v) is 2.80. The first-order valence-electron chi connectivity index (χ1n) is 6.80. The fraction of sp³-hybridized carbons (Fsp3) is 0.929. The Morgan fingerprint density at radius 2 is 1.50 bits per heavy atom. The number of nitrogens with one attached hydrogen (secondary N) is 1. The minimum absolute atomic E-state index is 0.218. The molecule has 0 saturated carbocycles.